The van der Waals surface area contributed by atoms with Crippen molar-refractivity contribution in [2.24, 2.45) is 5.16 Å². The van der Waals surface area contributed by atoms with Crippen LogP contribution in [0.25, 0.3) is 0 Å². The van der Waals surface area contributed by atoms with E-state index < -0.39 is 70.7 Å². The minimum Gasteiger partial charge on any atom is -0.374 e. The SMILES string of the molecule is Cc1cc(C2=NOC(c3cc(C(F)(F)F)cc(Cl)c3F)(C(F)(F)F)C2)ccc1C(=O)Nc1cnn(CC(F)(F)F)c1. The molecule has 1 aliphatic heterocycles. The number of halogens is 11. The molecule has 0 radical (unpaired) electrons. The van der Waals surface area contributed by atoms with Crippen LogP contribution in [0.15, 0.2) is 47.9 Å². The average molecular weight is 617 g/mol. The first-order valence-electron chi connectivity index (χ1n) is 11.2. The van der Waals surface area contributed by atoms with Gasteiger partial charge in [-0.15, -0.1) is 0 Å². The molecule has 1 aliphatic rings. The molecule has 2 aromatic carbocycles. The monoisotopic (exact) mass is 616 g/mol. The quantitative estimate of drug-likeness (QED) is 0.304. The number of aromatic nitrogens is 2. The van der Waals surface area contributed by atoms with E-state index >= 15 is 0 Å². The predicted molar refractivity (Wildman–Crippen MR) is 124 cm³/mol. The van der Waals surface area contributed by atoms with Gasteiger partial charge in [0, 0.05) is 17.3 Å². The summed E-state index contributed by atoms with van der Waals surface area (Å²) in [5.41, 5.74) is -7.12. The number of carbonyl (C=O) groups is 1. The lowest BCUT2D eigenvalue weighted by atomic mass is 9.85. The smallest absolute Gasteiger partial charge is 0.374 e. The minimum atomic E-state index is -5.45. The summed E-state index contributed by atoms with van der Waals surface area (Å²) in [6.07, 6.45) is -14.4. The maximum atomic E-state index is 14.8. The van der Waals surface area contributed by atoms with E-state index in [2.05, 4.69) is 20.4 Å². The molecular formula is C24H15ClF10N4O2. The van der Waals surface area contributed by atoms with Crippen molar-refractivity contribution >= 4 is 28.9 Å². The van der Waals surface area contributed by atoms with Gasteiger partial charge in [0.1, 0.15) is 12.4 Å². The number of nitrogens with zero attached hydrogens (tertiary/aromatic N) is 3. The zero-order valence-corrected chi connectivity index (χ0v) is 21.0. The van der Waals surface area contributed by atoms with Crippen LogP contribution in [0.1, 0.15) is 39.0 Å². The van der Waals surface area contributed by atoms with Crippen LogP contribution >= 0.6 is 11.6 Å². The van der Waals surface area contributed by atoms with Crippen molar-refractivity contribution in [1.82, 2.24) is 9.78 Å². The van der Waals surface area contributed by atoms with Gasteiger partial charge in [-0.25, -0.2) is 4.39 Å². The molecule has 220 valence electrons. The van der Waals surface area contributed by atoms with Gasteiger partial charge in [-0.05, 0) is 42.3 Å². The van der Waals surface area contributed by atoms with Crippen molar-refractivity contribution in [2.75, 3.05) is 5.32 Å². The minimum absolute atomic E-state index is 0.0189. The molecule has 41 heavy (non-hydrogen) atoms. The first-order chi connectivity index (χ1) is 18.8. The van der Waals surface area contributed by atoms with Crippen LogP contribution in [0.3, 0.4) is 0 Å². The molecular weight excluding hydrogens is 602 g/mol. The summed E-state index contributed by atoms with van der Waals surface area (Å²) >= 11 is 5.50. The highest BCUT2D eigenvalue weighted by atomic mass is 35.5. The second-order valence-corrected chi connectivity index (χ2v) is 9.38. The first-order valence-corrected chi connectivity index (χ1v) is 11.6. The predicted octanol–water partition coefficient (Wildman–Crippen LogP) is 7.40. The van der Waals surface area contributed by atoms with E-state index in [4.69, 9.17) is 11.6 Å². The summed E-state index contributed by atoms with van der Waals surface area (Å²) in [6, 6.07) is 3.68. The van der Waals surface area contributed by atoms with Crippen molar-refractivity contribution in [1.29, 1.82) is 0 Å². The topological polar surface area (TPSA) is 68.5 Å². The molecule has 4 rings (SSSR count). The largest absolute Gasteiger partial charge is 0.435 e. The molecule has 17 heteroatoms. The summed E-state index contributed by atoms with van der Waals surface area (Å²) in [4.78, 5) is 17.3. The number of nitrogens with one attached hydrogen (secondary N) is 1. The van der Waals surface area contributed by atoms with Gasteiger partial charge in [0.2, 0.25) is 0 Å². The zero-order chi connectivity index (χ0) is 30.5. The number of oxime groups is 1. The van der Waals surface area contributed by atoms with Crippen molar-refractivity contribution in [3.63, 3.8) is 0 Å². The Morgan fingerprint density at radius 1 is 1.10 bits per heavy atom. The van der Waals surface area contributed by atoms with Gasteiger partial charge in [0.25, 0.3) is 11.5 Å². The first kappa shape index (κ1) is 30.1. The Labute approximate surface area is 228 Å². The summed E-state index contributed by atoms with van der Waals surface area (Å²) in [5.74, 6) is -2.55. The number of hydrogen-bond acceptors (Lipinski definition) is 4. The standard InChI is InChI=1S/C24H15ClF10N4O2/c1-11-4-12(2-3-15(11)20(40)37-14-8-36-39(9-14)10-22(27,28)29)18-7-21(41-38-18,24(33,34)35)16-5-13(23(30,31)32)6-17(25)19(16)26/h2-6,8-9H,7,10H2,1H3,(H,37,40). The molecule has 0 aliphatic carbocycles. The molecule has 0 spiro atoms. The molecule has 2 heterocycles. The van der Waals surface area contributed by atoms with E-state index in [1.165, 1.54) is 25.1 Å². The van der Waals surface area contributed by atoms with Crippen LogP contribution in [-0.2, 0) is 23.2 Å². The summed E-state index contributed by atoms with van der Waals surface area (Å²) < 4.78 is 135. The third-order valence-electron chi connectivity index (χ3n) is 6.01. The molecule has 0 bridgehead atoms. The third kappa shape index (κ3) is 6.11. The Hall–Kier alpha value is -3.82. The second kappa shape index (κ2) is 10.2. The number of hydrogen-bond donors (Lipinski definition) is 1. The molecule has 0 saturated carbocycles. The van der Waals surface area contributed by atoms with E-state index in [1.807, 2.05) is 0 Å². The number of anilines is 1. The van der Waals surface area contributed by atoms with Gasteiger partial charge in [0.05, 0.1) is 34.6 Å². The fourth-order valence-corrected chi connectivity index (χ4v) is 4.30. The van der Waals surface area contributed by atoms with Crippen molar-refractivity contribution in [3.05, 3.63) is 81.4 Å². The second-order valence-electron chi connectivity index (χ2n) is 8.97. The zero-order valence-electron chi connectivity index (χ0n) is 20.3. The maximum Gasteiger partial charge on any atom is 0.435 e. The van der Waals surface area contributed by atoms with E-state index in [-0.39, 0.29) is 34.5 Å². The average Bonchev–Trinajstić information content (AvgIpc) is 3.46. The molecule has 1 amide bonds. The number of amides is 1. The van der Waals surface area contributed by atoms with Crippen LogP contribution in [-0.4, -0.2) is 33.8 Å². The molecule has 1 aromatic heterocycles. The molecule has 0 fully saturated rings. The lowest BCUT2D eigenvalue weighted by molar-refractivity contribution is -0.276. The van der Waals surface area contributed by atoms with Crippen molar-refractivity contribution in [2.45, 2.75) is 44.0 Å². The Bertz CT molecular complexity index is 1530. The van der Waals surface area contributed by atoms with Crippen LogP contribution in [0.4, 0.5) is 49.6 Å². The highest BCUT2D eigenvalue weighted by molar-refractivity contribution is 6.30. The summed E-state index contributed by atoms with van der Waals surface area (Å²) in [5, 5.41) is 8.01. The lowest BCUT2D eigenvalue weighted by Crippen LogP contribution is -2.43. The number of rotatable bonds is 5. The Kier molecular flexibility index (Phi) is 7.52. The number of aryl methyl sites for hydroxylation is 1. The summed E-state index contributed by atoms with van der Waals surface area (Å²) in [6.45, 7) is 0.00190. The lowest BCUT2D eigenvalue weighted by Gasteiger charge is -2.30. The Morgan fingerprint density at radius 3 is 2.37 bits per heavy atom. The molecule has 1 unspecified atom stereocenters. The van der Waals surface area contributed by atoms with E-state index in [9.17, 15) is 48.7 Å². The highest BCUT2D eigenvalue weighted by Gasteiger charge is 2.64. The Balaban J connectivity index is 1.60. The van der Waals surface area contributed by atoms with Crippen LogP contribution in [0.2, 0.25) is 5.02 Å². The highest BCUT2D eigenvalue weighted by Crippen LogP contribution is 2.51. The fourth-order valence-electron chi connectivity index (χ4n) is 4.08. The van der Waals surface area contributed by atoms with Gasteiger partial charge < -0.3 is 10.2 Å². The van der Waals surface area contributed by atoms with Crippen molar-refractivity contribution in [3.8, 4) is 0 Å². The molecule has 3 aromatic rings. The maximum absolute atomic E-state index is 14.8. The Morgan fingerprint density at radius 2 is 1.78 bits per heavy atom. The number of benzene rings is 2. The van der Waals surface area contributed by atoms with Crippen LogP contribution in [0, 0.1) is 12.7 Å². The van der Waals surface area contributed by atoms with Gasteiger partial charge in [-0.1, -0.05) is 22.8 Å². The van der Waals surface area contributed by atoms with Gasteiger partial charge >= 0.3 is 18.5 Å². The summed E-state index contributed by atoms with van der Waals surface area (Å²) in [7, 11) is 0. The van der Waals surface area contributed by atoms with E-state index in [1.54, 1.807) is 0 Å². The van der Waals surface area contributed by atoms with E-state index in [0.717, 1.165) is 12.4 Å². The normalized spacial score (nSPS) is 17.8. The van der Waals surface area contributed by atoms with Crippen LogP contribution in [0.5, 0.6) is 0 Å². The molecule has 1 atom stereocenters. The molecule has 6 nitrogen and oxygen atoms in total. The molecule has 1 N–H and O–H groups in total. The van der Waals surface area contributed by atoms with Gasteiger partial charge in [-0.3, -0.25) is 9.48 Å². The number of alkyl halides is 9. The molecule has 0 saturated heterocycles. The van der Waals surface area contributed by atoms with E-state index in [0.29, 0.717) is 4.68 Å². The van der Waals surface area contributed by atoms with Gasteiger partial charge in [0.15, 0.2) is 0 Å². The number of carbonyl (C=O) groups excluding carboxylic acids is 1. The fraction of sp³-hybridized carbons (Fsp3) is 0.292. The van der Waals surface area contributed by atoms with Crippen LogP contribution < -0.4 is 5.32 Å². The van der Waals surface area contributed by atoms with Gasteiger partial charge in [-0.2, -0.15) is 44.6 Å². The third-order valence-corrected chi connectivity index (χ3v) is 6.29. The van der Waals surface area contributed by atoms with Crippen molar-refractivity contribution < 1.29 is 53.5 Å².